The molecule has 0 aliphatic heterocycles. The highest BCUT2D eigenvalue weighted by Crippen LogP contribution is 2.62. The fraction of sp³-hybridized carbons (Fsp3) is 0.950. The van der Waals surface area contributed by atoms with E-state index < -0.39 is 26.5 Å². The van der Waals surface area contributed by atoms with Crippen LogP contribution < -0.4 is 10.2 Å². The molecule has 0 unspecified atom stereocenters. The number of hydrogen-bond donors (Lipinski definition) is 0. The van der Waals surface area contributed by atoms with E-state index in [1.807, 2.05) is 0 Å². The minimum atomic E-state index is -1.08. The van der Waals surface area contributed by atoms with E-state index in [0.29, 0.717) is 0 Å². The van der Waals surface area contributed by atoms with Crippen LogP contribution in [0.2, 0.25) is 0 Å². The number of unbranched alkanes of at least 4 members (excludes halogenated alkanes) is 12. The van der Waals surface area contributed by atoms with Crippen LogP contribution in [0, 0.1) is 0 Å². The minimum Gasteiger partial charge on any atom is -0.550 e. The third-order valence-electron chi connectivity index (χ3n) is 8.89. The van der Waals surface area contributed by atoms with Crippen molar-refractivity contribution in [3.05, 3.63) is 0 Å². The van der Waals surface area contributed by atoms with Crippen LogP contribution >= 0.6 is 14.5 Å². The second-order valence-electron chi connectivity index (χ2n) is 13.7. The highest BCUT2D eigenvalue weighted by Gasteiger charge is 2.35. The summed E-state index contributed by atoms with van der Waals surface area (Å²) in [6, 6.07) is 0. The largest absolute Gasteiger partial charge is 0.550 e. The number of rotatable bonds is 28. The Morgan fingerprint density at radius 1 is 0.326 bits per heavy atom. The first kappa shape index (κ1) is 52.6. The van der Waals surface area contributed by atoms with Crippen LogP contribution in [0.25, 0.3) is 0 Å². The quantitative estimate of drug-likeness (QED) is 0.0604. The maximum atomic E-state index is 8.89. The monoisotopic (exact) mass is 693 g/mol. The molecule has 280 valence electrons. The topological polar surface area (TPSA) is 80.3 Å². The Morgan fingerprint density at radius 2 is 0.457 bits per heavy atom. The van der Waals surface area contributed by atoms with Crippen molar-refractivity contribution in [2.45, 2.75) is 198 Å². The van der Waals surface area contributed by atoms with Gasteiger partial charge in [-0.25, -0.2) is 0 Å². The van der Waals surface area contributed by atoms with Gasteiger partial charge in [-0.3, -0.25) is 0 Å². The van der Waals surface area contributed by atoms with E-state index in [-0.39, 0.29) is 0 Å². The summed E-state index contributed by atoms with van der Waals surface area (Å²) in [6.07, 6.45) is 42.0. The van der Waals surface area contributed by atoms with Gasteiger partial charge in [0.15, 0.2) is 0 Å². The Kier molecular flexibility index (Phi) is 46.9. The number of carboxylic acid groups (broad SMARTS) is 2. The molecule has 46 heavy (non-hydrogen) atoms. The van der Waals surface area contributed by atoms with E-state index >= 15 is 0 Å². The van der Waals surface area contributed by atoms with Gasteiger partial charge in [-0.1, -0.05) is 132 Å². The molecule has 0 N–H and O–H groups in total. The van der Waals surface area contributed by atoms with E-state index in [0.717, 1.165) is 13.8 Å². The minimum absolute atomic E-state index is 0.562. The van der Waals surface area contributed by atoms with Crippen molar-refractivity contribution in [1.29, 1.82) is 0 Å². The molecule has 0 heterocycles. The summed E-state index contributed by atoms with van der Waals surface area (Å²) in [5.41, 5.74) is 0. The van der Waals surface area contributed by atoms with Crippen molar-refractivity contribution in [3.63, 3.8) is 0 Å². The van der Waals surface area contributed by atoms with E-state index in [4.69, 9.17) is 19.8 Å². The zero-order chi connectivity index (χ0) is 36.0. The van der Waals surface area contributed by atoms with Gasteiger partial charge in [0.2, 0.25) is 0 Å². The lowest BCUT2D eigenvalue weighted by molar-refractivity contribution is -0.303. The first-order valence-corrected chi connectivity index (χ1v) is 25.1. The van der Waals surface area contributed by atoms with Crippen LogP contribution in [-0.2, 0) is 9.59 Å². The normalized spacial score (nSPS) is 11.0. The van der Waals surface area contributed by atoms with E-state index in [2.05, 4.69) is 55.4 Å². The summed E-state index contributed by atoms with van der Waals surface area (Å²) in [6.45, 7) is 20.8. The zero-order valence-corrected chi connectivity index (χ0v) is 35.1. The van der Waals surface area contributed by atoms with Crippen molar-refractivity contribution < 1.29 is 19.8 Å². The van der Waals surface area contributed by atoms with Crippen LogP contribution in [-0.4, -0.2) is 61.2 Å². The SMILES string of the molecule is CC(=O)[O-].CC(=O)[O-].CCCCC[P+](CCCCC)(CCCCC)CCCCC.CCCC[P+](CCCC)(CCCC)CCCC. The Balaban J connectivity index is -0.000000314. The summed E-state index contributed by atoms with van der Waals surface area (Å²) in [7, 11) is -1.18. The van der Waals surface area contributed by atoms with E-state index in [9.17, 15) is 0 Å². The average Bonchev–Trinajstić information content (AvgIpc) is 3.00. The Bertz CT molecular complexity index is 509. The second-order valence-corrected chi connectivity index (χ2v) is 22.6. The molecule has 0 aromatic rings. The Hall–Kier alpha value is -0.200. The van der Waals surface area contributed by atoms with E-state index in [1.54, 1.807) is 49.3 Å². The molecular weight excluding hydrogens is 606 g/mol. The van der Waals surface area contributed by atoms with Gasteiger partial charge < -0.3 is 19.8 Å². The number of carboxylic acids is 2. The Morgan fingerprint density at radius 3 is 0.587 bits per heavy atom. The van der Waals surface area contributed by atoms with Gasteiger partial charge >= 0.3 is 0 Å². The Labute approximate surface area is 292 Å². The number of carbonyl (C=O) groups excluding carboxylic acids is 2. The summed E-state index contributed by atoms with van der Waals surface area (Å²) in [4.78, 5) is 17.8. The van der Waals surface area contributed by atoms with Crippen LogP contribution in [0.15, 0.2) is 0 Å². The number of aliphatic carboxylic acids is 2. The fourth-order valence-electron chi connectivity index (χ4n) is 6.10. The molecule has 4 nitrogen and oxygen atoms in total. The highest BCUT2D eigenvalue weighted by molar-refractivity contribution is 7.76. The third kappa shape index (κ3) is 41.8. The molecule has 0 rings (SSSR count). The van der Waals surface area contributed by atoms with Crippen molar-refractivity contribution >= 4 is 26.5 Å². The lowest BCUT2D eigenvalue weighted by Gasteiger charge is -2.28. The molecule has 0 aromatic carbocycles. The average molecular weight is 693 g/mol. The summed E-state index contributed by atoms with van der Waals surface area (Å²) in [5.74, 6) is -2.17. The predicted octanol–water partition coefficient (Wildman–Crippen LogP) is 11.5. The maximum absolute atomic E-state index is 8.89. The van der Waals surface area contributed by atoms with Gasteiger partial charge in [-0.05, 0) is 65.2 Å². The molecule has 0 radical (unpaired) electrons. The molecule has 0 bridgehead atoms. The van der Waals surface area contributed by atoms with Crippen molar-refractivity contribution in [2.75, 3.05) is 49.3 Å². The molecule has 0 saturated carbocycles. The van der Waals surface area contributed by atoms with Gasteiger partial charge in [-0.15, -0.1) is 0 Å². The maximum Gasteiger partial charge on any atom is 0.0594 e. The van der Waals surface area contributed by atoms with Crippen LogP contribution in [0.1, 0.15) is 198 Å². The van der Waals surface area contributed by atoms with Crippen molar-refractivity contribution in [3.8, 4) is 0 Å². The number of carbonyl (C=O) groups is 2. The molecule has 0 fully saturated rings. The molecule has 0 aliphatic carbocycles. The van der Waals surface area contributed by atoms with Crippen molar-refractivity contribution in [2.24, 2.45) is 0 Å². The molecule has 0 atom stereocenters. The predicted molar refractivity (Wildman–Crippen MR) is 212 cm³/mol. The standard InChI is InChI=1S/C20H44P.C16H36P.2C2H4O2/c1-5-9-13-17-21(18-14-10-6-2,19-15-11-7-3)20-16-12-8-4;1-5-9-13-17(14-10-6-2,15-11-7-3)16-12-8-4;2*1-2(3)4/h5-20H2,1-4H3;5-16H2,1-4H3;2*1H3,(H,3,4)/q2*+1;;/p-2. The lowest BCUT2D eigenvalue weighted by atomic mass is 10.3. The summed E-state index contributed by atoms with van der Waals surface area (Å²) in [5, 5.41) is 17.8. The van der Waals surface area contributed by atoms with Gasteiger partial charge in [0.05, 0.1) is 49.3 Å². The van der Waals surface area contributed by atoms with Crippen LogP contribution in [0.4, 0.5) is 0 Å². The molecule has 0 spiro atoms. The smallest absolute Gasteiger partial charge is 0.0594 e. The lowest BCUT2D eigenvalue weighted by Crippen LogP contribution is -2.16. The summed E-state index contributed by atoms with van der Waals surface area (Å²) >= 11 is 0. The summed E-state index contributed by atoms with van der Waals surface area (Å²) < 4.78 is 0. The van der Waals surface area contributed by atoms with Crippen molar-refractivity contribution in [1.82, 2.24) is 0 Å². The molecular formula is C40H86O4P2. The zero-order valence-electron chi connectivity index (χ0n) is 33.3. The van der Waals surface area contributed by atoms with Gasteiger partial charge in [0.25, 0.3) is 0 Å². The third-order valence-corrected chi connectivity index (χ3v) is 19.0. The highest BCUT2D eigenvalue weighted by atomic mass is 31.2. The second kappa shape index (κ2) is 41.0. The van der Waals surface area contributed by atoms with Gasteiger partial charge in [0.1, 0.15) is 0 Å². The molecule has 0 aliphatic rings. The van der Waals surface area contributed by atoms with Crippen LogP contribution in [0.3, 0.4) is 0 Å². The molecule has 0 saturated heterocycles. The molecule has 6 heteroatoms. The van der Waals surface area contributed by atoms with Gasteiger partial charge in [-0.2, -0.15) is 0 Å². The first-order valence-electron chi connectivity index (χ1n) is 20.0. The van der Waals surface area contributed by atoms with E-state index in [1.165, 1.54) is 128 Å². The number of hydrogen-bond acceptors (Lipinski definition) is 4. The molecule has 0 amide bonds. The first-order chi connectivity index (χ1) is 21.9. The van der Waals surface area contributed by atoms with Gasteiger partial charge in [0, 0.05) is 26.5 Å². The van der Waals surface area contributed by atoms with Crippen LogP contribution in [0.5, 0.6) is 0 Å². The molecule has 0 aromatic heterocycles. The fourth-order valence-corrected chi connectivity index (χ4v) is 16.3.